The highest BCUT2D eigenvalue weighted by Crippen LogP contribution is 2.12. The molecule has 0 amide bonds. The highest BCUT2D eigenvalue weighted by Gasteiger charge is 2.06. The Labute approximate surface area is 135 Å². The zero-order valence-electron chi connectivity index (χ0n) is 13.2. The van der Waals surface area contributed by atoms with Gasteiger partial charge in [-0.3, -0.25) is 0 Å². The van der Waals surface area contributed by atoms with Crippen LogP contribution in [0.4, 0.5) is 8.78 Å². The van der Waals surface area contributed by atoms with Gasteiger partial charge in [0.15, 0.2) is 11.6 Å². The molecule has 5 heteroatoms. The van der Waals surface area contributed by atoms with E-state index < -0.39 is 11.6 Å². The molecule has 3 N–H and O–H groups in total. The summed E-state index contributed by atoms with van der Waals surface area (Å²) in [5, 5.41) is 3.40. The molecule has 0 saturated carbocycles. The Balaban J connectivity index is 1.69. The van der Waals surface area contributed by atoms with Crippen molar-refractivity contribution in [2.45, 2.75) is 32.2 Å². The van der Waals surface area contributed by atoms with Crippen molar-refractivity contribution in [1.82, 2.24) is 5.32 Å². The quantitative estimate of drug-likeness (QED) is 0.579. The molecule has 2 aromatic carbocycles. The minimum Gasteiger partial charge on any atom is -0.412 e. The number of nitrogens with two attached hydrogens (primary N) is 1. The number of benzene rings is 2. The first kappa shape index (κ1) is 17.4. The molecule has 0 fully saturated rings. The lowest BCUT2D eigenvalue weighted by molar-refractivity contribution is 0.334. The molecule has 124 valence electrons. The summed E-state index contributed by atoms with van der Waals surface area (Å²) in [5.74, 6) is 4.13. The third-order valence-electron chi connectivity index (χ3n) is 3.72. The van der Waals surface area contributed by atoms with Crippen LogP contribution in [0, 0.1) is 11.6 Å². The van der Waals surface area contributed by atoms with Crippen LogP contribution in [0.25, 0.3) is 0 Å². The third-order valence-corrected chi connectivity index (χ3v) is 3.72. The predicted octanol–water partition coefficient (Wildman–Crippen LogP) is 3.37. The van der Waals surface area contributed by atoms with Crippen LogP contribution < -0.4 is 16.1 Å². The van der Waals surface area contributed by atoms with E-state index in [9.17, 15) is 8.78 Å². The van der Waals surface area contributed by atoms with Crippen LogP contribution >= 0.6 is 0 Å². The largest absolute Gasteiger partial charge is 0.412 e. The van der Waals surface area contributed by atoms with Crippen molar-refractivity contribution in [2.75, 3.05) is 6.54 Å². The highest BCUT2D eigenvalue weighted by atomic mass is 19.2. The first-order valence-corrected chi connectivity index (χ1v) is 7.71. The summed E-state index contributed by atoms with van der Waals surface area (Å²) in [7, 11) is 0. The summed E-state index contributed by atoms with van der Waals surface area (Å²) in [5.41, 5.74) is 2.02. The van der Waals surface area contributed by atoms with Gasteiger partial charge in [-0.25, -0.2) is 8.78 Å². The van der Waals surface area contributed by atoms with Gasteiger partial charge in [-0.2, -0.15) is 5.90 Å². The number of hydrogen-bond donors (Lipinski definition) is 2. The van der Waals surface area contributed by atoms with Gasteiger partial charge in [-0.15, -0.1) is 0 Å². The molecule has 0 bridgehead atoms. The lowest BCUT2D eigenvalue weighted by Crippen LogP contribution is -2.29. The first-order chi connectivity index (χ1) is 11.1. The van der Waals surface area contributed by atoms with Crippen LogP contribution in [-0.2, 0) is 12.8 Å². The molecule has 0 aromatic heterocycles. The fraction of sp³-hybridized carbons (Fsp3) is 0.333. The molecule has 23 heavy (non-hydrogen) atoms. The second-order valence-electron chi connectivity index (χ2n) is 5.67. The number of rotatable bonds is 8. The Morgan fingerprint density at radius 3 is 2.39 bits per heavy atom. The predicted molar refractivity (Wildman–Crippen MR) is 87.1 cm³/mol. The standard InChI is InChI=1S/C18H22F2N2O/c1-13(11-15-6-9-17(19)18(20)12-15)22-10-2-3-14-4-7-16(23-21)8-5-14/h4-9,12-13,22H,2-3,10-11,21H2,1H3. The summed E-state index contributed by atoms with van der Waals surface area (Å²) < 4.78 is 26.1. The van der Waals surface area contributed by atoms with E-state index in [0.29, 0.717) is 12.2 Å². The molecule has 0 aliphatic carbocycles. The smallest absolute Gasteiger partial charge is 0.159 e. The van der Waals surface area contributed by atoms with Gasteiger partial charge < -0.3 is 10.2 Å². The molecule has 2 rings (SSSR count). The van der Waals surface area contributed by atoms with Crippen molar-refractivity contribution >= 4 is 0 Å². The van der Waals surface area contributed by atoms with Gasteiger partial charge in [0.2, 0.25) is 0 Å². The minimum absolute atomic E-state index is 0.202. The SMILES string of the molecule is CC(Cc1ccc(F)c(F)c1)NCCCc1ccc(ON)cc1. The van der Waals surface area contributed by atoms with Crippen molar-refractivity contribution in [3.05, 3.63) is 65.2 Å². The zero-order valence-corrected chi connectivity index (χ0v) is 13.2. The average molecular weight is 320 g/mol. The Kier molecular flexibility index (Phi) is 6.50. The van der Waals surface area contributed by atoms with Crippen LogP contribution in [0.3, 0.4) is 0 Å². The molecule has 1 atom stereocenters. The Bertz CT molecular complexity index is 617. The highest BCUT2D eigenvalue weighted by molar-refractivity contribution is 5.27. The molecular weight excluding hydrogens is 298 g/mol. The van der Waals surface area contributed by atoms with Crippen LogP contribution in [0.1, 0.15) is 24.5 Å². The first-order valence-electron chi connectivity index (χ1n) is 7.71. The number of nitrogens with one attached hydrogen (secondary N) is 1. The maximum atomic E-state index is 13.2. The Morgan fingerprint density at radius 1 is 1.04 bits per heavy atom. The van der Waals surface area contributed by atoms with E-state index in [1.165, 1.54) is 17.7 Å². The minimum atomic E-state index is -0.805. The monoisotopic (exact) mass is 320 g/mol. The van der Waals surface area contributed by atoms with Crippen molar-refractivity contribution in [2.24, 2.45) is 5.90 Å². The summed E-state index contributed by atoms with van der Waals surface area (Å²) in [6.07, 6.45) is 2.61. The average Bonchev–Trinajstić information content (AvgIpc) is 2.55. The fourth-order valence-electron chi connectivity index (χ4n) is 2.47. The maximum absolute atomic E-state index is 13.2. The van der Waals surface area contributed by atoms with E-state index in [2.05, 4.69) is 10.2 Å². The van der Waals surface area contributed by atoms with Crippen LogP contribution in [0.15, 0.2) is 42.5 Å². The summed E-state index contributed by atoms with van der Waals surface area (Å²) in [4.78, 5) is 4.64. The Hall–Kier alpha value is -1.98. The molecule has 2 aromatic rings. The third kappa shape index (κ3) is 5.62. The van der Waals surface area contributed by atoms with E-state index >= 15 is 0 Å². The molecule has 0 heterocycles. The van der Waals surface area contributed by atoms with Crippen molar-refractivity contribution in [1.29, 1.82) is 0 Å². The summed E-state index contributed by atoms with van der Waals surface area (Å²) in [6, 6.07) is 11.9. The van der Waals surface area contributed by atoms with Crippen LogP contribution in [0.2, 0.25) is 0 Å². The van der Waals surface area contributed by atoms with Crippen LogP contribution in [-0.4, -0.2) is 12.6 Å². The van der Waals surface area contributed by atoms with E-state index in [-0.39, 0.29) is 6.04 Å². The molecule has 0 spiro atoms. The van der Waals surface area contributed by atoms with E-state index in [1.54, 1.807) is 6.07 Å². The molecular formula is C18H22F2N2O. The van der Waals surface area contributed by atoms with Crippen molar-refractivity contribution in [3.8, 4) is 5.75 Å². The number of aryl methyl sites for hydroxylation is 1. The molecule has 0 radical (unpaired) electrons. The van der Waals surface area contributed by atoms with E-state index in [1.807, 2.05) is 31.2 Å². The molecule has 0 aliphatic rings. The van der Waals surface area contributed by atoms with Gasteiger partial charge in [0.25, 0.3) is 0 Å². The fourth-order valence-corrected chi connectivity index (χ4v) is 2.47. The Morgan fingerprint density at radius 2 is 1.74 bits per heavy atom. The number of halogens is 2. The lowest BCUT2D eigenvalue weighted by Gasteiger charge is -2.14. The normalized spacial score (nSPS) is 12.2. The topological polar surface area (TPSA) is 47.3 Å². The molecule has 3 nitrogen and oxygen atoms in total. The zero-order chi connectivity index (χ0) is 16.7. The van der Waals surface area contributed by atoms with Gasteiger partial charge in [-0.05, 0) is 68.1 Å². The lowest BCUT2D eigenvalue weighted by atomic mass is 10.1. The summed E-state index contributed by atoms with van der Waals surface area (Å²) >= 11 is 0. The van der Waals surface area contributed by atoms with Gasteiger partial charge in [-0.1, -0.05) is 18.2 Å². The molecule has 1 unspecified atom stereocenters. The molecule has 0 saturated heterocycles. The van der Waals surface area contributed by atoms with Gasteiger partial charge in [0.05, 0.1) is 0 Å². The van der Waals surface area contributed by atoms with Crippen molar-refractivity contribution in [3.63, 3.8) is 0 Å². The van der Waals surface area contributed by atoms with E-state index in [0.717, 1.165) is 24.9 Å². The van der Waals surface area contributed by atoms with E-state index in [4.69, 9.17) is 5.90 Å². The molecule has 0 aliphatic heterocycles. The number of hydrogen-bond acceptors (Lipinski definition) is 3. The van der Waals surface area contributed by atoms with Crippen molar-refractivity contribution < 1.29 is 13.6 Å². The second-order valence-corrected chi connectivity index (χ2v) is 5.67. The maximum Gasteiger partial charge on any atom is 0.159 e. The van der Waals surface area contributed by atoms with Gasteiger partial charge in [0, 0.05) is 6.04 Å². The second kappa shape index (κ2) is 8.60. The summed E-state index contributed by atoms with van der Waals surface area (Å²) in [6.45, 7) is 2.90. The van der Waals surface area contributed by atoms with Gasteiger partial charge >= 0.3 is 0 Å². The van der Waals surface area contributed by atoms with Crippen LogP contribution in [0.5, 0.6) is 5.75 Å². The van der Waals surface area contributed by atoms with Gasteiger partial charge in [0.1, 0.15) is 5.75 Å².